The molecule has 0 spiro atoms. The van der Waals surface area contributed by atoms with Crippen molar-refractivity contribution >= 4 is 17.7 Å². The van der Waals surface area contributed by atoms with Crippen molar-refractivity contribution in [2.45, 2.75) is 26.3 Å². The van der Waals surface area contributed by atoms with E-state index in [1.165, 1.54) is 0 Å². The van der Waals surface area contributed by atoms with Gasteiger partial charge in [-0.15, -0.1) is 0 Å². The van der Waals surface area contributed by atoms with Crippen molar-refractivity contribution in [3.8, 4) is 0 Å². The Kier molecular flexibility index (Phi) is 7.95. The molecule has 0 radical (unpaired) electrons. The van der Waals surface area contributed by atoms with Gasteiger partial charge >= 0.3 is 0 Å². The summed E-state index contributed by atoms with van der Waals surface area (Å²) in [5.74, 6) is -1.25. The maximum absolute atomic E-state index is 13.6. The minimum absolute atomic E-state index is 0.184. The zero-order valence-electron chi connectivity index (χ0n) is 17.7. The average molecular weight is 418 g/mol. The lowest BCUT2D eigenvalue weighted by Crippen LogP contribution is -2.55. The van der Waals surface area contributed by atoms with Gasteiger partial charge in [-0.1, -0.05) is 32.4 Å². The highest BCUT2D eigenvalue weighted by atomic mass is 16.5. The third-order valence-electron chi connectivity index (χ3n) is 5.61. The van der Waals surface area contributed by atoms with E-state index in [-0.39, 0.29) is 11.8 Å². The van der Waals surface area contributed by atoms with Crippen LogP contribution >= 0.6 is 0 Å². The fourth-order valence-electron chi connectivity index (χ4n) is 3.70. The van der Waals surface area contributed by atoms with Gasteiger partial charge in [0.1, 0.15) is 6.04 Å². The Hall–Kier alpha value is -2.29. The fourth-order valence-corrected chi connectivity index (χ4v) is 3.70. The predicted octanol–water partition coefficient (Wildman–Crippen LogP) is 1.59. The van der Waals surface area contributed by atoms with Gasteiger partial charge in [0.2, 0.25) is 5.91 Å². The number of amides is 3. The molecule has 164 valence electrons. The van der Waals surface area contributed by atoms with Gasteiger partial charge in [0.05, 0.1) is 50.8 Å². The summed E-state index contributed by atoms with van der Waals surface area (Å²) in [6.07, 6.45) is 0.655. The van der Waals surface area contributed by atoms with E-state index in [0.717, 1.165) is 4.90 Å². The zero-order valence-corrected chi connectivity index (χ0v) is 17.7. The number of imide groups is 1. The quantitative estimate of drug-likeness (QED) is 0.691. The monoisotopic (exact) mass is 418 g/mol. The topological polar surface area (TPSA) is 85.4 Å². The van der Waals surface area contributed by atoms with Gasteiger partial charge in [0.15, 0.2) is 0 Å². The van der Waals surface area contributed by atoms with Crippen LogP contribution in [0.25, 0.3) is 0 Å². The highest BCUT2D eigenvalue weighted by Crippen LogP contribution is 2.29. The molecular weight excluding hydrogens is 388 g/mol. The molecule has 3 amide bonds. The van der Waals surface area contributed by atoms with Crippen molar-refractivity contribution in [1.82, 2.24) is 9.80 Å². The highest BCUT2D eigenvalue weighted by molar-refractivity contribution is 6.22. The molecule has 30 heavy (non-hydrogen) atoms. The maximum Gasteiger partial charge on any atom is 0.262 e. The van der Waals surface area contributed by atoms with E-state index in [1.54, 1.807) is 29.2 Å². The third-order valence-corrected chi connectivity index (χ3v) is 5.61. The van der Waals surface area contributed by atoms with Crippen LogP contribution in [0, 0.1) is 5.92 Å². The smallest absolute Gasteiger partial charge is 0.262 e. The molecule has 0 aliphatic carbocycles. The van der Waals surface area contributed by atoms with Gasteiger partial charge in [-0.05, 0) is 18.1 Å². The Morgan fingerprint density at radius 1 is 0.900 bits per heavy atom. The number of rotatable bonds is 4. The van der Waals surface area contributed by atoms with Crippen molar-refractivity contribution in [3.05, 3.63) is 35.4 Å². The summed E-state index contributed by atoms with van der Waals surface area (Å²) in [7, 11) is 0. The van der Waals surface area contributed by atoms with Gasteiger partial charge < -0.3 is 19.1 Å². The first-order valence-corrected chi connectivity index (χ1v) is 10.5. The second-order valence-electron chi connectivity index (χ2n) is 7.52. The van der Waals surface area contributed by atoms with Gasteiger partial charge in [0, 0.05) is 13.1 Å². The number of benzene rings is 1. The van der Waals surface area contributed by atoms with Crippen molar-refractivity contribution in [2.75, 3.05) is 52.7 Å². The fraction of sp³-hybridized carbons (Fsp3) is 0.591. The summed E-state index contributed by atoms with van der Waals surface area (Å²) in [4.78, 5) is 42.4. The molecule has 2 aliphatic rings. The van der Waals surface area contributed by atoms with E-state index in [0.29, 0.717) is 70.3 Å². The average Bonchev–Trinajstić information content (AvgIpc) is 2.99. The lowest BCUT2D eigenvalue weighted by molar-refractivity contribution is -0.139. The van der Waals surface area contributed by atoms with Gasteiger partial charge in [-0.2, -0.15) is 0 Å². The largest absolute Gasteiger partial charge is 0.377 e. The second-order valence-corrected chi connectivity index (χ2v) is 7.52. The SMILES string of the molecule is CC[C@@H](C)[C@H](C(=O)N1CCOCCOCCOCC1)N1C(=O)c2ccccc2C1=O. The molecular formula is C22H30N2O6. The van der Waals surface area contributed by atoms with Crippen molar-refractivity contribution < 1.29 is 28.6 Å². The van der Waals surface area contributed by atoms with Crippen LogP contribution in [0.2, 0.25) is 0 Å². The Balaban J connectivity index is 1.82. The van der Waals surface area contributed by atoms with Crippen LogP contribution in [-0.4, -0.2) is 86.3 Å². The molecule has 0 aromatic heterocycles. The van der Waals surface area contributed by atoms with E-state index in [1.807, 2.05) is 13.8 Å². The molecule has 2 atom stereocenters. The lowest BCUT2D eigenvalue weighted by Gasteiger charge is -2.34. The van der Waals surface area contributed by atoms with Crippen LogP contribution in [0.1, 0.15) is 41.0 Å². The normalized spacial score (nSPS) is 20.9. The number of nitrogens with zero attached hydrogens (tertiary/aromatic N) is 2. The van der Waals surface area contributed by atoms with Crippen LogP contribution in [0.4, 0.5) is 0 Å². The molecule has 1 fully saturated rings. The summed E-state index contributed by atoms with van der Waals surface area (Å²) >= 11 is 0. The molecule has 0 unspecified atom stereocenters. The van der Waals surface area contributed by atoms with Gasteiger partial charge in [-0.25, -0.2) is 0 Å². The number of carbonyl (C=O) groups excluding carboxylic acids is 3. The number of fused-ring (bicyclic) bond motifs is 1. The summed E-state index contributed by atoms with van der Waals surface area (Å²) < 4.78 is 16.5. The Bertz CT molecular complexity index is 721. The molecule has 0 bridgehead atoms. The summed E-state index contributed by atoms with van der Waals surface area (Å²) in [5, 5.41) is 0. The molecule has 0 saturated carbocycles. The van der Waals surface area contributed by atoms with Crippen LogP contribution in [0.5, 0.6) is 0 Å². The summed E-state index contributed by atoms with van der Waals surface area (Å²) in [6.45, 7) is 7.10. The molecule has 8 nitrogen and oxygen atoms in total. The van der Waals surface area contributed by atoms with E-state index in [4.69, 9.17) is 14.2 Å². The summed E-state index contributed by atoms with van der Waals surface area (Å²) in [6, 6.07) is 5.85. The molecule has 0 N–H and O–H groups in total. The first-order chi connectivity index (χ1) is 14.6. The minimum atomic E-state index is -0.862. The third kappa shape index (κ3) is 4.88. The van der Waals surface area contributed by atoms with E-state index >= 15 is 0 Å². The molecule has 1 saturated heterocycles. The standard InChI is InChI=1S/C22H30N2O6/c1-3-16(2)19(24-20(25)17-6-4-5-7-18(17)21(24)26)22(27)23-8-10-28-12-14-30-15-13-29-11-9-23/h4-7,16,19H,3,8-15H2,1-2H3/t16-,19-/m1/s1. The number of ether oxygens (including phenoxy) is 3. The molecule has 2 heterocycles. The number of hydrogen-bond acceptors (Lipinski definition) is 6. The van der Waals surface area contributed by atoms with Crippen molar-refractivity contribution in [2.24, 2.45) is 5.92 Å². The molecule has 1 aromatic rings. The molecule has 1 aromatic carbocycles. The Morgan fingerprint density at radius 2 is 1.37 bits per heavy atom. The van der Waals surface area contributed by atoms with E-state index in [2.05, 4.69) is 0 Å². The van der Waals surface area contributed by atoms with Crippen LogP contribution in [0.3, 0.4) is 0 Å². The van der Waals surface area contributed by atoms with Gasteiger partial charge in [0.25, 0.3) is 11.8 Å². The highest BCUT2D eigenvalue weighted by Gasteiger charge is 2.45. The van der Waals surface area contributed by atoms with Gasteiger partial charge in [-0.3, -0.25) is 19.3 Å². The van der Waals surface area contributed by atoms with Crippen LogP contribution in [-0.2, 0) is 19.0 Å². The molecule has 2 aliphatic heterocycles. The number of carbonyl (C=O) groups is 3. The van der Waals surface area contributed by atoms with Crippen LogP contribution in [0.15, 0.2) is 24.3 Å². The summed E-state index contributed by atoms with van der Waals surface area (Å²) in [5.41, 5.74) is 0.702. The van der Waals surface area contributed by atoms with Crippen molar-refractivity contribution in [1.29, 1.82) is 0 Å². The second kappa shape index (κ2) is 10.7. The predicted molar refractivity (Wildman–Crippen MR) is 109 cm³/mol. The molecule has 8 heteroatoms. The van der Waals surface area contributed by atoms with Crippen molar-refractivity contribution in [3.63, 3.8) is 0 Å². The first kappa shape index (κ1) is 22.4. The lowest BCUT2D eigenvalue weighted by atomic mass is 9.96. The Labute approximate surface area is 177 Å². The Morgan fingerprint density at radius 3 is 1.83 bits per heavy atom. The maximum atomic E-state index is 13.6. The van der Waals surface area contributed by atoms with E-state index < -0.39 is 17.9 Å². The first-order valence-electron chi connectivity index (χ1n) is 10.5. The minimum Gasteiger partial charge on any atom is -0.377 e. The van der Waals surface area contributed by atoms with Crippen LogP contribution < -0.4 is 0 Å². The zero-order chi connectivity index (χ0) is 21.5. The van der Waals surface area contributed by atoms with E-state index in [9.17, 15) is 14.4 Å². The molecule has 3 rings (SSSR count). The number of hydrogen-bond donors (Lipinski definition) is 0.